The second kappa shape index (κ2) is 10.5. The fraction of sp³-hybridized carbons (Fsp3) is 0.400. The summed E-state index contributed by atoms with van der Waals surface area (Å²) in [5, 5.41) is 1.17. The van der Waals surface area contributed by atoms with Crippen molar-refractivity contribution in [2.75, 3.05) is 28.4 Å². The number of rotatable bonds is 10. The van der Waals surface area contributed by atoms with Crippen molar-refractivity contribution in [2.45, 2.75) is 38.4 Å². The quantitative estimate of drug-likeness (QED) is 0.363. The van der Waals surface area contributed by atoms with Crippen LogP contribution in [0.2, 0.25) is 0 Å². The molecule has 0 fully saturated rings. The number of nitrogens with one attached hydrogen (secondary N) is 1. The molecular formula is C25H31NO5. The van der Waals surface area contributed by atoms with Crippen LogP contribution in [0, 0.1) is 0 Å². The van der Waals surface area contributed by atoms with Gasteiger partial charge in [0.25, 0.3) is 0 Å². The molecule has 1 unspecified atom stereocenters. The van der Waals surface area contributed by atoms with Gasteiger partial charge in [-0.15, -0.1) is 0 Å². The normalized spacial score (nSPS) is 12.3. The molecule has 6 nitrogen and oxygen atoms in total. The SMILES string of the molecule is CCCC(c1ccc(C(=O)OC)cc1OC)c1c[nH]c2ccc(CC(OC)OC)cc12. The maximum atomic E-state index is 12.0. The van der Waals surface area contributed by atoms with Crippen molar-refractivity contribution in [3.05, 3.63) is 64.8 Å². The Labute approximate surface area is 183 Å². The number of carbonyl (C=O) groups is 1. The van der Waals surface area contributed by atoms with E-state index in [9.17, 15) is 4.79 Å². The molecule has 0 bridgehead atoms. The summed E-state index contributed by atoms with van der Waals surface area (Å²) < 4.78 is 21.3. The summed E-state index contributed by atoms with van der Waals surface area (Å²) in [4.78, 5) is 15.4. The summed E-state index contributed by atoms with van der Waals surface area (Å²) in [5.74, 6) is 0.432. The minimum absolute atomic E-state index is 0.122. The van der Waals surface area contributed by atoms with Gasteiger partial charge in [0.1, 0.15) is 5.75 Å². The lowest BCUT2D eigenvalue weighted by Gasteiger charge is -2.20. The highest BCUT2D eigenvalue weighted by atomic mass is 16.7. The molecule has 0 radical (unpaired) electrons. The molecule has 3 rings (SSSR count). The number of carbonyl (C=O) groups excluding carboxylic acids is 1. The van der Waals surface area contributed by atoms with Gasteiger partial charge in [-0.1, -0.05) is 25.5 Å². The van der Waals surface area contributed by atoms with Gasteiger partial charge < -0.3 is 23.9 Å². The number of hydrogen-bond acceptors (Lipinski definition) is 5. The molecule has 0 spiro atoms. The van der Waals surface area contributed by atoms with E-state index in [1.165, 1.54) is 18.1 Å². The number of fused-ring (bicyclic) bond motifs is 1. The molecule has 3 aromatic rings. The summed E-state index contributed by atoms with van der Waals surface area (Å²) in [6.07, 6.45) is 4.42. The molecular weight excluding hydrogens is 394 g/mol. The van der Waals surface area contributed by atoms with Crippen LogP contribution < -0.4 is 4.74 Å². The highest BCUT2D eigenvalue weighted by molar-refractivity contribution is 5.90. The lowest BCUT2D eigenvalue weighted by molar-refractivity contribution is -0.100. The number of H-pyrrole nitrogens is 1. The molecule has 2 aromatic carbocycles. The third-order valence-electron chi connectivity index (χ3n) is 5.69. The van der Waals surface area contributed by atoms with Crippen LogP contribution in [0.25, 0.3) is 10.9 Å². The van der Waals surface area contributed by atoms with Crippen molar-refractivity contribution in [2.24, 2.45) is 0 Å². The zero-order chi connectivity index (χ0) is 22.4. The van der Waals surface area contributed by atoms with Gasteiger partial charge in [-0.25, -0.2) is 4.79 Å². The monoisotopic (exact) mass is 425 g/mol. The van der Waals surface area contributed by atoms with Crippen molar-refractivity contribution < 1.29 is 23.7 Å². The van der Waals surface area contributed by atoms with E-state index in [2.05, 4.69) is 36.3 Å². The number of aromatic amines is 1. The van der Waals surface area contributed by atoms with Crippen LogP contribution in [0.1, 0.15) is 52.7 Å². The maximum Gasteiger partial charge on any atom is 0.337 e. The first kappa shape index (κ1) is 22.8. The van der Waals surface area contributed by atoms with Crippen LogP contribution in [0.4, 0.5) is 0 Å². The Morgan fingerprint density at radius 3 is 2.42 bits per heavy atom. The van der Waals surface area contributed by atoms with Crippen molar-refractivity contribution in [3.63, 3.8) is 0 Å². The van der Waals surface area contributed by atoms with Gasteiger partial charge in [-0.2, -0.15) is 0 Å². The van der Waals surface area contributed by atoms with Gasteiger partial charge in [0.2, 0.25) is 0 Å². The fourth-order valence-electron chi connectivity index (χ4n) is 4.07. The topological polar surface area (TPSA) is 69.8 Å². The molecule has 0 aliphatic heterocycles. The summed E-state index contributed by atoms with van der Waals surface area (Å²) in [6, 6.07) is 11.9. The van der Waals surface area contributed by atoms with E-state index in [1.54, 1.807) is 33.5 Å². The largest absolute Gasteiger partial charge is 0.496 e. The van der Waals surface area contributed by atoms with E-state index < -0.39 is 0 Å². The lowest BCUT2D eigenvalue weighted by Crippen LogP contribution is -2.15. The summed E-state index contributed by atoms with van der Waals surface area (Å²) in [7, 11) is 6.31. The van der Waals surface area contributed by atoms with Crippen LogP contribution in [0.15, 0.2) is 42.6 Å². The molecule has 0 saturated carbocycles. The van der Waals surface area contributed by atoms with Gasteiger partial charge in [0.05, 0.1) is 19.8 Å². The number of aromatic nitrogens is 1. The van der Waals surface area contributed by atoms with Gasteiger partial charge in [-0.05, 0) is 41.8 Å². The first-order chi connectivity index (χ1) is 15.1. The van der Waals surface area contributed by atoms with Crippen molar-refractivity contribution in [1.29, 1.82) is 0 Å². The maximum absolute atomic E-state index is 12.0. The number of hydrogen-bond donors (Lipinski definition) is 1. The first-order valence-corrected chi connectivity index (χ1v) is 10.5. The van der Waals surface area contributed by atoms with Crippen LogP contribution in [-0.4, -0.2) is 45.7 Å². The Balaban J connectivity index is 2.06. The summed E-state index contributed by atoms with van der Waals surface area (Å²) >= 11 is 0. The van der Waals surface area contributed by atoms with E-state index in [1.807, 2.05) is 6.07 Å². The Morgan fingerprint density at radius 2 is 1.77 bits per heavy atom. The standard InChI is InChI=1S/C25H31NO5/c1-6-7-18(19-10-9-17(25(27)31-5)14-23(19)28-2)21-15-26-22-11-8-16(12-20(21)22)13-24(29-3)30-4/h8-12,14-15,18,24,26H,6-7,13H2,1-5H3. The van der Waals surface area contributed by atoms with E-state index >= 15 is 0 Å². The smallest absolute Gasteiger partial charge is 0.337 e. The van der Waals surface area contributed by atoms with Gasteiger partial charge >= 0.3 is 5.97 Å². The van der Waals surface area contributed by atoms with E-state index in [0.717, 1.165) is 29.5 Å². The molecule has 0 aliphatic carbocycles. The van der Waals surface area contributed by atoms with Gasteiger partial charge in [0.15, 0.2) is 6.29 Å². The summed E-state index contributed by atoms with van der Waals surface area (Å²) in [5.41, 5.74) is 4.95. The molecule has 1 atom stereocenters. The van der Waals surface area contributed by atoms with Gasteiger partial charge in [0, 0.05) is 49.2 Å². The van der Waals surface area contributed by atoms with Crippen LogP contribution >= 0.6 is 0 Å². The number of ether oxygens (including phenoxy) is 4. The fourth-order valence-corrected chi connectivity index (χ4v) is 4.07. The van der Waals surface area contributed by atoms with Crippen molar-refractivity contribution >= 4 is 16.9 Å². The third-order valence-corrected chi connectivity index (χ3v) is 5.69. The van der Waals surface area contributed by atoms with E-state index in [4.69, 9.17) is 18.9 Å². The molecule has 0 aliphatic rings. The Bertz CT molecular complexity index is 1020. The minimum atomic E-state index is -0.375. The molecule has 0 amide bonds. The van der Waals surface area contributed by atoms with Gasteiger partial charge in [-0.3, -0.25) is 0 Å². The average molecular weight is 426 g/mol. The zero-order valence-corrected chi connectivity index (χ0v) is 18.9. The Kier molecular flexibility index (Phi) is 7.71. The number of esters is 1. The molecule has 6 heteroatoms. The minimum Gasteiger partial charge on any atom is -0.496 e. The van der Waals surface area contributed by atoms with Crippen LogP contribution in [-0.2, 0) is 20.6 Å². The molecule has 1 aromatic heterocycles. The second-order valence-corrected chi connectivity index (χ2v) is 7.52. The van der Waals surface area contributed by atoms with Crippen molar-refractivity contribution in [3.8, 4) is 5.75 Å². The van der Waals surface area contributed by atoms with Crippen LogP contribution in [0.3, 0.4) is 0 Å². The van der Waals surface area contributed by atoms with Crippen LogP contribution in [0.5, 0.6) is 5.75 Å². The molecule has 1 N–H and O–H groups in total. The zero-order valence-electron chi connectivity index (χ0n) is 18.9. The lowest BCUT2D eigenvalue weighted by atomic mass is 9.86. The Morgan fingerprint density at radius 1 is 1.00 bits per heavy atom. The molecule has 0 saturated heterocycles. The number of benzene rings is 2. The predicted molar refractivity (Wildman–Crippen MR) is 121 cm³/mol. The Hall–Kier alpha value is -2.83. The molecule has 166 valence electrons. The molecule has 1 heterocycles. The first-order valence-electron chi connectivity index (χ1n) is 10.5. The average Bonchev–Trinajstić information content (AvgIpc) is 3.23. The molecule has 31 heavy (non-hydrogen) atoms. The van der Waals surface area contributed by atoms with Crippen molar-refractivity contribution in [1.82, 2.24) is 4.98 Å². The second-order valence-electron chi connectivity index (χ2n) is 7.52. The highest BCUT2D eigenvalue weighted by Gasteiger charge is 2.22. The third kappa shape index (κ3) is 4.92. The number of methoxy groups -OCH3 is 4. The highest BCUT2D eigenvalue weighted by Crippen LogP contribution is 2.39. The van der Waals surface area contributed by atoms with E-state index in [0.29, 0.717) is 17.7 Å². The predicted octanol–water partition coefficient (Wildman–Crippen LogP) is 5.06. The van der Waals surface area contributed by atoms with E-state index in [-0.39, 0.29) is 18.2 Å². The summed E-state index contributed by atoms with van der Waals surface area (Å²) in [6.45, 7) is 2.17.